The Morgan fingerprint density at radius 3 is 1.56 bits per heavy atom. The Kier molecular flexibility index (Phi) is 12.8. The van der Waals surface area contributed by atoms with Crippen LogP contribution in [0, 0.1) is 13.8 Å². The van der Waals surface area contributed by atoms with Crippen LogP contribution in [0.15, 0.2) is 168 Å². The lowest BCUT2D eigenvalue weighted by Crippen LogP contribution is -2.25. The van der Waals surface area contributed by atoms with Gasteiger partial charge in [-0.15, -0.1) is 0 Å². The molecule has 0 bridgehead atoms. The third-order valence-corrected chi connectivity index (χ3v) is 17.1. The molecule has 0 atom stereocenters. The first-order valence-electron chi connectivity index (χ1n) is 29.4. The van der Waals surface area contributed by atoms with Crippen molar-refractivity contribution in [2.75, 3.05) is 16.5 Å². The van der Waals surface area contributed by atoms with Gasteiger partial charge in [0.2, 0.25) is 0 Å². The summed E-state index contributed by atoms with van der Waals surface area (Å²) in [7, 11) is 0. The molecule has 12 rings (SSSR count). The van der Waals surface area contributed by atoms with Gasteiger partial charge >= 0.3 is 0 Å². The molecule has 6 nitrogen and oxygen atoms in total. The highest BCUT2D eigenvalue weighted by molar-refractivity contribution is 6.24. The van der Waals surface area contributed by atoms with Crippen LogP contribution < -0.4 is 14.5 Å². The normalized spacial score (nSPS) is 13.6. The van der Waals surface area contributed by atoms with Crippen molar-refractivity contribution in [1.29, 1.82) is 0 Å². The average molecular weight is 1080 g/mol. The summed E-state index contributed by atoms with van der Waals surface area (Å²) in [5, 5.41) is 4.33. The molecule has 3 aromatic heterocycles. The van der Waals surface area contributed by atoms with Crippen molar-refractivity contribution in [2.45, 2.75) is 145 Å². The lowest BCUT2D eigenvalue weighted by atomic mass is 9.76. The molecule has 82 heavy (non-hydrogen) atoms. The minimum Gasteiger partial charge on any atom is -0.457 e. The molecule has 0 aliphatic carbocycles. The molecule has 416 valence electrons. The third kappa shape index (κ3) is 9.62. The number of nitrogens with zero attached hydrogens (tertiary/aromatic N) is 4. The van der Waals surface area contributed by atoms with Gasteiger partial charge in [0, 0.05) is 51.3 Å². The minimum atomic E-state index is -0.0689. The molecule has 8 aromatic carbocycles. The summed E-state index contributed by atoms with van der Waals surface area (Å²) in [6.07, 6.45) is 1.93. The molecule has 0 saturated heterocycles. The molecule has 0 fully saturated rings. The molecule has 0 spiro atoms. The van der Waals surface area contributed by atoms with Gasteiger partial charge in [-0.05, 0) is 158 Å². The third-order valence-electron chi connectivity index (χ3n) is 17.1. The molecule has 11 aromatic rings. The van der Waals surface area contributed by atoms with Crippen LogP contribution in [0.4, 0.5) is 22.7 Å². The van der Waals surface area contributed by atoms with E-state index in [2.05, 4.69) is 284 Å². The highest BCUT2D eigenvalue weighted by Crippen LogP contribution is 2.54. The van der Waals surface area contributed by atoms with Crippen LogP contribution in [0.2, 0.25) is 0 Å². The topological polar surface area (TPSA) is 46.7 Å². The predicted octanol–water partition coefficient (Wildman–Crippen LogP) is 21.6. The fourth-order valence-electron chi connectivity index (χ4n) is 12.3. The molecule has 4 heterocycles. The summed E-state index contributed by atoms with van der Waals surface area (Å²) in [6, 6.07) is 58.3. The fraction of sp³-hybridized carbons (Fsp3) is 0.303. The highest BCUT2D eigenvalue weighted by Gasteiger charge is 2.35. The van der Waals surface area contributed by atoms with Crippen LogP contribution in [0.5, 0.6) is 11.5 Å². The Labute approximate surface area is 486 Å². The number of hydrogen-bond acceptors (Lipinski definition) is 5. The largest absolute Gasteiger partial charge is 0.457 e. The van der Waals surface area contributed by atoms with E-state index in [1.807, 2.05) is 12.3 Å². The molecule has 0 radical (unpaired) electrons. The van der Waals surface area contributed by atoms with Crippen molar-refractivity contribution in [2.24, 2.45) is 0 Å². The Morgan fingerprint density at radius 1 is 0.439 bits per heavy atom. The average Bonchev–Trinajstić information content (AvgIpc) is 1.85. The van der Waals surface area contributed by atoms with E-state index < -0.39 is 0 Å². The minimum absolute atomic E-state index is 0.0635. The second-order valence-electron chi connectivity index (χ2n) is 28.4. The first kappa shape index (κ1) is 54.5. The first-order valence-corrected chi connectivity index (χ1v) is 29.4. The molecule has 1 aliphatic heterocycles. The number of anilines is 4. The number of pyridine rings is 1. The van der Waals surface area contributed by atoms with E-state index in [1.54, 1.807) is 0 Å². The maximum atomic E-state index is 7.03. The maximum Gasteiger partial charge on any atom is 0.145 e. The molecular weight excluding hydrogens is 1000 g/mol. The molecule has 0 N–H and O–H groups in total. The van der Waals surface area contributed by atoms with Gasteiger partial charge in [0.1, 0.15) is 35.2 Å². The van der Waals surface area contributed by atoms with Gasteiger partial charge in [0.15, 0.2) is 0 Å². The Morgan fingerprint density at radius 2 is 0.976 bits per heavy atom. The number of ether oxygens (including phenoxy) is 1. The van der Waals surface area contributed by atoms with Crippen LogP contribution in [-0.2, 0) is 27.1 Å². The summed E-state index contributed by atoms with van der Waals surface area (Å²) in [6.45, 7) is 40.1. The molecule has 0 unspecified atom stereocenters. The number of hydrogen-bond donors (Lipinski definition) is 0. The van der Waals surface area contributed by atoms with Crippen LogP contribution in [-0.4, -0.2) is 16.2 Å². The van der Waals surface area contributed by atoms with Crippen LogP contribution in [0.3, 0.4) is 0 Å². The maximum absolute atomic E-state index is 7.03. The number of para-hydroxylation sites is 3. The molecule has 0 amide bonds. The monoisotopic (exact) mass is 1080 g/mol. The van der Waals surface area contributed by atoms with Gasteiger partial charge < -0.3 is 19.0 Å². The van der Waals surface area contributed by atoms with Crippen molar-refractivity contribution in [1.82, 2.24) is 9.55 Å². The van der Waals surface area contributed by atoms with Crippen LogP contribution >= 0.6 is 0 Å². The molecule has 1 aliphatic rings. The molecular formula is C76H80N4O2. The van der Waals surface area contributed by atoms with Gasteiger partial charge in [0.25, 0.3) is 0 Å². The van der Waals surface area contributed by atoms with E-state index in [0.29, 0.717) is 6.67 Å². The van der Waals surface area contributed by atoms with E-state index in [0.717, 1.165) is 78.1 Å². The predicted molar refractivity (Wildman–Crippen MR) is 348 cm³/mol. The summed E-state index contributed by atoms with van der Waals surface area (Å²) >= 11 is 0. The van der Waals surface area contributed by atoms with Gasteiger partial charge in [-0.2, -0.15) is 0 Å². The van der Waals surface area contributed by atoms with Crippen molar-refractivity contribution in [3.63, 3.8) is 0 Å². The van der Waals surface area contributed by atoms with E-state index in [9.17, 15) is 0 Å². The van der Waals surface area contributed by atoms with Crippen LogP contribution in [0.1, 0.15) is 143 Å². The second kappa shape index (κ2) is 19.3. The van der Waals surface area contributed by atoms with Gasteiger partial charge in [-0.1, -0.05) is 183 Å². The summed E-state index contributed by atoms with van der Waals surface area (Å²) in [4.78, 5) is 10.1. The Hall–Kier alpha value is -8.09. The van der Waals surface area contributed by atoms with Crippen LogP contribution in [0.25, 0.3) is 71.8 Å². The summed E-state index contributed by atoms with van der Waals surface area (Å²) in [5.74, 6) is 2.33. The Balaban J connectivity index is 1.01. The van der Waals surface area contributed by atoms with Gasteiger partial charge in [-0.25, -0.2) is 4.98 Å². The lowest BCUT2D eigenvalue weighted by Gasteiger charge is -2.32. The van der Waals surface area contributed by atoms with Crippen molar-refractivity contribution < 1.29 is 9.15 Å². The molecule has 0 saturated carbocycles. The SMILES string of the molecule is Cc1cc(C)c(-c2cc(C(C)(C)C)cc(C(C)(C)C)c2)c(N2CN(c3cccc(Oc4ccc5c6c7oc8ccccc8c7ccc6n(-c6cc(C(C)(C)C)ccn6)c5c4)c3)c3ccccc32)c1-c1cc(C(C)(C)C)cc(C(C)(C)C)c1. The summed E-state index contributed by atoms with van der Waals surface area (Å²) in [5.41, 5.74) is 22.1. The lowest BCUT2D eigenvalue weighted by molar-refractivity contribution is 0.483. The number of aromatic nitrogens is 2. The number of aryl methyl sites for hydroxylation is 2. The fourth-order valence-corrected chi connectivity index (χ4v) is 12.3. The number of fused-ring (bicyclic) bond motifs is 8. The van der Waals surface area contributed by atoms with Crippen molar-refractivity contribution in [3.05, 3.63) is 203 Å². The number of benzene rings is 8. The Bertz CT molecular complexity index is 4180. The van der Waals surface area contributed by atoms with E-state index in [4.69, 9.17) is 14.1 Å². The van der Waals surface area contributed by atoms with E-state index >= 15 is 0 Å². The highest BCUT2D eigenvalue weighted by atomic mass is 16.5. The standard InChI is InChI=1S/C76H80N4O2/c1-46-35-47(2)68(49-38-53(75(12,13)14)41-54(39-49)76(15,16)17)70(67(46)48-36-51(73(6,7)8)40-52(37-48)74(9,10)11)79-45-78(61-26-19-20-27-62(61)79)55-23-22-24-56(43-55)81-57-29-30-60-64(44-57)80(66-42-50(33-34-77-66)72(3,4)5)63-32-31-59-58-25-18-21-28-65(58)82-71(59)69(60)63/h18-44H,45H2,1-17H3. The first-order chi connectivity index (χ1) is 38.6. The zero-order valence-electron chi connectivity index (χ0n) is 51.4. The van der Waals surface area contributed by atoms with Gasteiger partial charge in [-0.3, -0.25) is 4.57 Å². The van der Waals surface area contributed by atoms with E-state index in [1.165, 1.54) is 66.9 Å². The van der Waals surface area contributed by atoms with Gasteiger partial charge in [0.05, 0.1) is 33.5 Å². The smallest absolute Gasteiger partial charge is 0.145 e. The van der Waals surface area contributed by atoms with Crippen molar-refractivity contribution in [3.8, 4) is 39.6 Å². The summed E-state index contributed by atoms with van der Waals surface area (Å²) < 4.78 is 16.0. The zero-order chi connectivity index (χ0) is 58.2. The number of rotatable bonds is 7. The van der Waals surface area contributed by atoms with Crippen molar-refractivity contribution >= 4 is 66.5 Å². The quantitative estimate of drug-likeness (QED) is 0.159. The van der Waals surface area contributed by atoms with E-state index in [-0.39, 0.29) is 27.1 Å². The molecule has 6 heteroatoms. The number of furan rings is 1. The second-order valence-corrected chi connectivity index (χ2v) is 28.4. The zero-order valence-corrected chi connectivity index (χ0v) is 51.4.